The molecular weight excluding hydrogens is 224 g/mol. The maximum atomic E-state index is 12.1. The number of rotatable bonds is 2. The molecule has 1 amide bonds. The van der Waals surface area contributed by atoms with Gasteiger partial charge in [0.25, 0.3) is 5.91 Å². The fraction of sp³-hybridized carbons (Fsp3) is 0.133. The first kappa shape index (κ1) is 12.2. The number of nitrogens with two attached hydrogens (primary N) is 1. The molecule has 0 unspecified atom stereocenters. The Balaban J connectivity index is 2.22. The van der Waals surface area contributed by atoms with Gasteiger partial charge < -0.3 is 11.1 Å². The van der Waals surface area contributed by atoms with Crippen molar-refractivity contribution in [1.29, 1.82) is 0 Å². The maximum Gasteiger partial charge on any atom is 0.256 e. The lowest BCUT2D eigenvalue weighted by Crippen LogP contribution is -2.14. The van der Waals surface area contributed by atoms with Crippen molar-refractivity contribution in [2.75, 3.05) is 11.1 Å². The number of anilines is 2. The van der Waals surface area contributed by atoms with Gasteiger partial charge in [0.1, 0.15) is 0 Å². The van der Waals surface area contributed by atoms with Gasteiger partial charge in [0, 0.05) is 16.9 Å². The molecule has 3 nitrogen and oxygen atoms in total. The molecule has 0 aliphatic carbocycles. The van der Waals surface area contributed by atoms with E-state index in [1.165, 1.54) is 0 Å². The molecule has 0 aliphatic heterocycles. The molecule has 3 N–H and O–H groups in total. The summed E-state index contributed by atoms with van der Waals surface area (Å²) < 4.78 is 0. The van der Waals surface area contributed by atoms with E-state index < -0.39 is 0 Å². The molecule has 0 aliphatic rings. The first-order valence-corrected chi connectivity index (χ1v) is 5.81. The Bertz CT molecular complexity index is 574. The summed E-state index contributed by atoms with van der Waals surface area (Å²) in [5.74, 6) is -0.136. The van der Waals surface area contributed by atoms with Crippen molar-refractivity contribution in [1.82, 2.24) is 0 Å². The molecule has 0 radical (unpaired) electrons. The summed E-state index contributed by atoms with van der Waals surface area (Å²) in [5, 5.41) is 2.86. The van der Waals surface area contributed by atoms with E-state index in [2.05, 4.69) is 5.32 Å². The van der Waals surface area contributed by atoms with E-state index in [-0.39, 0.29) is 5.91 Å². The summed E-state index contributed by atoms with van der Waals surface area (Å²) in [6.07, 6.45) is 0. The smallest absolute Gasteiger partial charge is 0.256 e. The highest BCUT2D eigenvalue weighted by Gasteiger charge is 2.10. The summed E-state index contributed by atoms with van der Waals surface area (Å²) in [6.45, 7) is 3.85. The van der Waals surface area contributed by atoms with Crippen LogP contribution in [0.15, 0.2) is 42.5 Å². The van der Waals surface area contributed by atoms with Gasteiger partial charge in [-0.3, -0.25) is 4.79 Å². The number of carbonyl (C=O) groups is 1. The van der Waals surface area contributed by atoms with Crippen molar-refractivity contribution < 1.29 is 4.79 Å². The van der Waals surface area contributed by atoms with Crippen molar-refractivity contribution in [3.63, 3.8) is 0 Å². The third-order valence-electron chi connectivity index (χ3n) is 2.93. The van der Waals surface area contributed by atoms with Gasteiger partial charge in [0.05, 0.1) is 0 Å². The van der Waals surface area contributed by atoms with Gasteiger partial charge in [-0.05, 0) is 43.7 Å². The largest absolute Gasteiger partial charge is 0.398 e. The van der Waals surface area contributed by atoms with Gasteiger partial charge >= 0.3 is 0 Å². The Morgan fingerprint density at radius 2 is 1.72 bits per heavy atom. The van der Waals surface area contributed by atoms with Crippen LogP contribution in [0.5, 0.6) is 0 Å². The summed E-state index contributed by atoms with van der Waals surface area (Å²) in [6, 6.07) is 13.0. The number of nitrogens with one attached hydrogen (secondary N) is 1. The Morgan fingerprint density at radius 1 is 1.06 bits per heavy atom. The molecule has 0 bridgehead atoms. The average molecular weight is 240 g/mol. The first-order chi connectivity index (χ1) is 8.58. The predicted molar refractivity (Wildman–Crippen MR) is 74.7 cm³/mol. The van der Waals surface area contributed by atoms with Crippen LogP contribution < -0.4 is 11.1 Å². The molecule has 2 aromatic carbocycles. The van der Waals surface area contributed by atoms with Crippen LogP contribution in [-0.4, -0.2) is 5.91 Å². The molecule has 0 saturated heterocycles. The van der Waals surface area contributed by atoms with Crippen LogP contribution in [0, 0.1) is 13.8 Å². The molecule has 0 heterocycles. The van der Waals surface area contributed by atoms with E-state index in [9.17, 15) is 4.79 Å². The molecule has 0 atom stereocenters. The third kappa shape index (κ3) is 2.51. The molecule has 0 spiro atoms. The molecule has 18 heavy (non-hydrogen) atoms. The monoisotopic (exact) mass is 240 g/mol. The minimum Gasteiger partial charge on any atom is -0.398 e. The summed E-state index contributed by atoms with van der Waals surface area (Å²) >= 11 is 0. The normalized spacial score (nSPS) is 10.1. The van der Waals surface area contributed by atoms with Crippen LogP contribution in [-0.2, 0) is 0 Å². The van der Waals surface area contributed by atoms with E-state index in [0.717, 1.165) is 16.8 Å². The topological polar surface area (TPSA) is 55.1 Å². The van der Waals surface area contributed by atoms with Crippen LogP contribution in [0.4, 0.5) is 11.4 Å². The zero-order valence-electron chi connectivity index (χ0n) is 10.5. The molecular formula is C15H16N2O. The lowest BCUT2D eigenvalue weighted by Gasteiger charge is -2.09. The van der Waals surface area contributed by atoms with E-state index >= 15 is 0 Å². The van der Waals surface area contributed by atoms with Crippen molar-refractivity contribution in [2.45, 2.75) is 13.8 Å². The highest BCUT2D eigenvalue weighted by Crippen LogP contribution is 2.17. The van der Waals surface area contributed by atoms with Gasteiger partial charge in [-0.25, -0.2) is 0 Å². The van der Waals surface area contributed by atoms with Crippen LogP contribution in [0.25, 0.3) is 0 Å². The molecule has 0 aromatic heterocycles. The minimum absolute atomic E-state index is 0.136. The number of nitrogen functional groups attached to an aromatic ring is 1. The minimum atomic E-state index is -0.136. The molecule has 3 heteroatoms. The summed E-state index contributed by atoms with van der Waals surface area (Å²) in [7, 11) is 0. The zero-order chi connectivity index (χ0) is 13.1. The number of carbonyl (C=O) groups excluding carboxylic acids is 1. The molecule has 2 rings (SSSR count). The van der Waals surface area contributed by atoms with Crippen molar-refractivity contribution >= 4 is 17.3 Å². The maximum absolute atomic E-state index is 12.1. The molecule has 2 aromatic rings. The quantitative estimate of drug-likeness (QED) is 0.792. The Morgan fingerprint density at radius 3 is 2.39 bits per heavy atom. The highest BCUT2D eigenvalue weighted by molar-refractivity contribution is 6.06. The lowest BCUT2D eigenvalue weighted by atomic mass is 10.1. The Labute approximate surface area is 107 Å². The second-order valence-electron chi connectivity index (χ2n) is 4.34. The number of hydrogen-bond acceptors (Lipinski definition) is 2. The van der Waals surface area contributed by atoms with Crippen LogP contribution in [0.1, 0.15) is 21.5 Å². The Kier molecular flexibility index (Phi) is 3.33. The van der Waals surface area contributed by atoms with Crippen LogP contribution >= 0.6 is 0 Å². The number of amides is 1. The standard InChI is InChI=1S/C15H16N2O/c1-10-6-8-12(9-7-10)17-15(18)13-4-3-5-14(16)11(13)2/h3-9H,16H2,1-2H3,(H,17,18). The van der Waals surface area contributed by atoms with Gasteiger partial charge in [-0.15, -0.1) is 0 Å². The lowest BCUT2D eigenvalue weighted by molar-refractivity contribution is 0.102. The van der Waals surface area contributed by atoms with Gasteiger partial charge in [-0.2, -0.15) is 0 Å². The van der Waals surface area contributed by atoms with E-state index in [1.54, 1.807) is 18.2 Å². The SMILES string of the molecule is Cc1ccc(NC(=O)c2cccc(N)c2C)cc1. The Hall–Kier alpha value is -2.29. The van der Waals surface area contributed by atoms with Gasteiger partial charge in [-0.1, -0.05) is 23.8 Å². The fourth-order valence-electron chi connectivity index (χ4n) is 1.73. The number of aryl methyl sites for hydroxylation is 1. The second kappa shape index (κ2) is 4.92. The predicted octanol–water partition coefficient (Wildman–Crippen LogP) is 3.14. The number of benzene rings is 2. The second-order valence-corrected chi connectivity index (χ2v) is 4.34. The first-order valence-electron chi connectivity index (χ1n) is 5.81. The van der Waals surface area contributed by atoms with E-state index in [0.29, 0.717) is 11.3 Å². The van der Waals surface area contributed by atoms with Crippen molar-refractivity contribution in [2.24, 2.45) is 0 Å². The molecule has 92 valence electrons. The van der Waals surface area contributed by atoms with E-state index in [4.69, 9.17) is 5.73 Å². The molecule has 0 saturated carbocycles. The van der Waals surface area contributed by atoms with Crippen molar-refractivity contribution in [3.8, 4) is 0 Å². The highest BCUT2D eigenvalue weighted by atomic mass is 16.1. The van der Waals surface area contributed by atoms with E-state index in [1.807, 2.05) is 38.1 Å². The third-order valence-corrected chi connectivity index (χ3v) is 2.93. The van der Waals surface area contributed by atoms with Crippen LogP contribution in [0.3, 0.4) is 0 Å². The summed E-state index contributed by atoms with van der Waals surface area (Å²) in [5.41, 5.74) is 9.78. The van der Waals surface area contributed by atoms with Crippen molar-refractivity contribution in [3.05, 3.63) is 59.2 Å². The zero-order valence-corrected chi connectivity index (χ0v) is 10.5. The van der Waals surface area contributed by atoms with Gasteiger partial charge in [0.2, 0.25) is 0 Å². The van der Waals surface area contributed by atoms with Gasteiger partial charge in [0.15, 0.2) is 0 Å². The summed E-state index contributed by atoms with van der Waals surface area (Å²) in [4.78, 5) is 12.1. The average Bonchev–Trinajstić information content (AvgIpc) is 2.35. The molecule has 0 fully saturated rings. The number of hydrogen-bond donors (Lipinski definition) is 2. The van der Waals surface area contributed by atoms with Crippen LogP contribution in [0.2, 0.25) is 0 Å². The fourth-order valence-corrected chi connectivity index (χ4v) is 1.73.